The normalized spacial score (nSPS) is 17.3. The molecule has 0 radical (unpaired) electrons. The Labute approximate surface area is 116 Å². The largest absolute Gasteiger partial charge is 0.380 e. The first-order valence-corrected chi connectivity index (χ1v) is 7.07. The van der Waals surface area contributed by atoms with Crippen LogP contribution in [0.1, 0.15) is 32.8 Å². The molecule has 1 aliphatic heterocycles. The van der Waals surface area contributed by atoms with E-state index >= 15 is 0 Å². The Kier molecular flexibility index (Phi) is 4.77. The number of ether oxygens (including phenoxy) is 1. The molecule has 1 saturated heterocycles. The molecular weight excluding hydrogens is 238 g/mol. The summed E-state index contributed by atoms with van der Waals surface area (Å²) in [4.78, 5) is 6.87. The maximum atomic E-state index is 5.47. The van der Waals surface area contributed by atoms with Crippen molar-refractivity contribution < 1.29 is 4.74 Å². The van der Waals surface area contributed by atoms with E-state index in [1.165, 1.54) is 5.56 Å². The van der Waals surface area contributed by atoms with Crippen molar-refractivity contribution in [1.82, 2.24) is 10.3 Å². The van der Waals surface area contributed by atoms with E-state index in [1.54, 1.807) is 0 Å². The van der Waals surface area contributed by atoms with E-state index in [0.29, 0.717) is 0 Å². The highest BCUT2D eigenvalue weighted by atomic mass is 16.5. The summed E-state index contributed by atoms with van der Waals surface area (Å²) >= 11 is 0. The number of rotatable bonds is 3. The van der Waals surface area contributed by atoms with Crippen LogP contribution in [0.2, 0.25) is 0 Å². The van der Waals surface area contributed by atoms with Crippen LogP contribution in [0.5, 0.6) is 0 Å². The fraction of sp³-hybridized carbons (Fsp3) is 0.667. The topological polar surface area (TPSA) is 37.4 Å². The van der Waals surface area contributed by atoms with Crippen LogP contribution in [0.4, 0.5) is 5.82 Å². The van der Waals surface area contributed by atoms with Gasteiger partial charge in [-0.2, -0.15) is 0 Å². The van der Waals surface area contributed by atoms with E-state index in [1.807, 2.05) is 6.20 Å². The van der Waals surface area contributed by atoms with E-state index in [4.69, 9.17) is 4.74 Å². The van der Waals surface area contributed by atoms with E-state index in [0.717, 1.165) is 45.1 Å². The lowest BCUT2D eigenvalue weighted by Gasteiger charge is -2.22. The van der Waals surface area contributed by atoms with Gasteiger partial charge in [-0.1, -0.05) is 6.07 Å². The Bertz CT molecular complexity index is 375. The summed E-state index contributed by atoms with van der Waals surface area (Å²) in [7, 11) is 0. The molecule has 0 amide bonds. The van der Waals surface area contributed by atoms with Crippen molar-refractivity contribution in [2.45, 2.75) is 39.3 Å². The molecule has 0 aliphatic carbocycles. The third kappa shape index (κ3) is 4.80. The van der Waals surface area contributed by atoms with Gasteiger partial charge in [-0.05, 0) is 38.8 Å². The molecule has 19 heavy (non-hydrogen) atoms. The molecule has 0 bridgehead atoms. The number of aromatic nitrogens is 1. The second-order valence-corrected chi connectivity index (χ2v) is 6.08. The van der Waals surface area contributed by atoms with Crippen molar-refractivity contribution in [1.29, 1.82) is 0 Å². The Morgan fingerprint density at radius 2 is 2.11 bits per heavy atom. The average molecular weight is 263 g/mol. The maximum absolute atomic E-state index is 5.47. The van der Waals surface area contributed by atoms with Gasteiger partial charge in [0.2, 0.25) is 0 Å². The predicted molar refractivity (Wildman–Crippen MR) is 78.5 cm³/mol. The number of pyridine rings is 1. The van der Waals surface area contributed by atoms with Gasteiger partial charge in [0.1, 0.15) is 5.82 Å². The minimum Gasteiger partial charge on any atom is -0.380 e. The first kappa shape index (κ1) is 14.3. The Morgan fingerprint density at radius 3 is 2.79 bits per heavy atom. The van der Waals surface area contributed by atoms with Gasteiger partial charge in [0.15, 0.2) is 0 Å². The smallest absolute Gasteiger partial charge is 0.128 e. The fourth-order valence-corrected chi connectivity index (χ4v) is 2.05. The fourth-order valence-electron chi connectivity index (χ4n) is 2.05. The number of hydrogen-bond acceptors (Lipinski definition) is 4. The van der Waals surface area contributed by atoms with Gasteiger partial charge in [-0.15, -0.1) is 0 Å². The Morgan fingerprint density at radius 1 is 1.26 bits per heavy atom. The molecule has 0 aromatic carbocycles. The Balaban J connectivity index is 1.93. The lowest BCUT2D eigenvalue weighted by molar-refractivity contribution is 0.152. The number of hydrogen-bond donors (Lipinski definition) is 1. The van der Waals surface area contributed by atoms with Gasteiger partial charge >= 0.3 is 0 Å². The van der Waals surface area contributed by atoms with Crippen molar-refractivity contribution in [2.75, 3.05) is 31.2 Å². The summed E-state index contributed by atoms with van der Waals surface area (Å²) in [5.74, 6) is 1.06. The molecule has 0 spiro atoms. The van der Waals surface area contributed by atoms with Crippen LogP contribution in [0.3, 0.4) is 0 Å². The molecular formula is C15H25N3O. The van der Waals surface area contributed by atoms with Crippen molar-refractivity contribution in [3.05, 3.63) is 23.9 Å². The molecule has 106 valence electrons. The standard InChI is InChI=1S/C15H25N3O/c1-15(2,3)17-12-13-5-6-14(16-11-13)18-7-4-9-19-10-8-18/h5-6,11,17H,4,7-10,12H2,1-3H3. The van der Waals surface area contributed by atoms with Crippen LogP contribution in [0.25, 0.3) is 0 Å². The molecule has 2 heterocycles. The van der Waals surface area contributed by atoms with E-state index in [2.05, 4.69) is 48.1 Å². The molecule has 0 saturated carbocycles. The molecule has 1 fully saturated rings. The zero-order valence-corrected chi connectivity index (χ0v) is 12.3. The van der Waals surface area contributed by atoms with Crippen LogP contribution < -0.4 is 10.2 Å². The molecule has 0 unspecified atom stereocenters. The predicted octanol–water partition coefficient (Wildman–Crippen LogP) is 2.20. The quantitative estimate of drug-likeness (QED) is 0.907. The minimum atomic E-state index is 0.140. The average Bonchev–Trinajstić information content (AvgIpc) is 2.65. The number of nitrogens with zero attached hydrogens (tertiary/aromatic N) is 2. The van der Waals surface area contributed by atoms with Crippen LogP contribution in [0.15, 0.2) is 18.3 Å². The summed E-state index contributed by atoms with van der Waals surface area (Å²) in [5, 5.41) is 3.47. The van der Waals surface area contributed by atoms with Crippen molar-refractivity contribution in [3.8, 4) is 0 Å². The van der Waals surface area contributed by atoms with Crippen LogP contribution in [-0.4, -0.2) is 36.8 Å². The summed E-state index contributed by atoms with van der Waals surface area (Å²) < 4.78 is 5.47. The van der Waals surface area contributed by atoms with Crippen molar-refractivity contribution in [2.24, 2.45) is 0 Å². The molecule has 1 aromatic rings. The summed E-state index contributed by atoms with van der Waals surface area (Å²) in [5.41, 5.74) is 1.37. The summed E-state index contributed by atoms with van der Waals surface area (Å²) in [6, 6.07) is 4.28. The highest BCUT2D eigenvalue weighted by Crippen LogP contribution is 2.14. The second-order valence-electron chi connectivity index (χ2n) is 6.08. The van der Waals surface area contributed by atoms with E-state index in [9.17, 15) is 0 Å². The van der Waals surface area contributed by atoms with Crippen LogP contribution in [0, 0.1) is 0 Å². The number of anilines is 1. The molecule has 4 nitrogen and oxygen atoms in total. The molecule has 2 rings (SSSR count). The molecule has 1 N–H and O–H groups in total. The van der Waals surface area contributed by atoms with Crippen molar-refractivity contribution >= 4 is 5.82 Å². The zero-order valence-electron chi connectivity index (χ0n) is 12.3. The Hall–Kier alpha value is -1.13. The lowest BCUT2D eigenvalue weighted by atomic mass is 10.1. The zero-order chi connectivity index (χ0) is 13.7. The second kappa shape index (κ2) is 6.35. The van der Waals surface area contributed by atoms with Crippen molar-refractivity contribution in [3.63, 3.8) is 0 Å². The molecule has 1 aromatic heterocycles. The monoisotopic (exact) mass is 263 g/mol. The maximum Gasteiger partial charge on any atom is 0.128 e. The summed E-state index contributed by atoms with van der Waals surface area (Å²) in [6.45, 7) is 11.0. The third-order valence-corrected chi connectivity index (χ3v) is 3.18. The van der Waals surface area contributed by atoms with Gasteiger partial charge in [-0.25, -0.2) is 4.98 Å². The van der Waals surface area contributed by atoms with Gasteiger partial charge in [0.25, 0.3) is 0 Å². The van der Waals surface area contributed by atoms with Gasteiger partial charge < -0.3 is 15.0 Å². The molecule has 0 atom stereocenters. The number of nitrogens with one attached hydrogen (secondary N) is 1. The van der Waals surface area contributed by atoms with Crippen LogP contribution in [-0.2, 0) is 11.3 Å². The van der Waals surface area contributed by atoms with E-state index in [-0.39, 0.29) is 5.54 Å². The first-order valence-electron chi connectivity index (χ1n) is 7.07. The third-order valence-electron chi connectivity index (χ3n) is 3.18. The first-order chi connectivity index (χ1) is 9.04. The minimum absolute atomic E-state index is 0.140. The van der Waals surface area contributed by atoms with Gasteiger partial charge in [-0.3, -0.25) is 0 Å². The van der Waals surface area contributed by atoms with Crippen LogP contribution >= 0.6 is 0 Å². The highest BCUT2D eigenvalue weighted by molar-refractivity contribution is 5.39. The molecule has 1 aliphatic rings. The summed E-state index contributed by atoms with van der Waals surface area (Å²) in [6.07, 6.45) is 3.05. The SMILES string of the molecule is CC(C)(C)NCc1ccc(N2CCCOCC2)nc1. The molecule has 4 heteroatoms. The lowest BCUT2D eigenvalue weighted by Crippen LogP contribution is -2.35. The van der Waals surface area contributed by atoms with Gasteiger partial charge in [0, 0.05) is 38.0 Å². The van der Waals surface area contributed by atoms with Gasteiger partial charge in [0.05, 0.1) is 6.61 Å². The van der Waals surface area contributed by atoms with E-state index < -0.39 is 0 Å². The highest BCUT2D eigenvalue weighted by Gasteiger charge is 2.12.